The van der Waals surface area contributed by atoms with Crippen LogP contribution in [0.3, 0.4) is 0 Å². The van der Waals surface area contributed by atoms with Crippen molar-refractivity contribution >= 4 is 0 Å². The molecule has 2 N–H and O–H groups in total. The Labute approximate surface area is 171 Å². The van der Waals surface area contributed by atoms with Crippen LogP contribution in [0.15, 0.2) is 22.8 Å². The highest BCUT2D eigenvalue weighted by atomic mass is 16.6. The Bertz CT molecular complexity index is 721. The van der Waals surface area contributed by atoms with E-state index in [1.54, 1.807) is 14.0 Å². The SMILES string of the molecule is CCN(CC)CC(O)COc1cc(CNCCOc2nonc2C)ccc1OC. The van der Waals surface area contributed by atoms with E-state index in [0.29, 0.717) is 49.3 Å². The lowest BCUT2D eigenvalue weighted by Gasteiger charge is -2.22. The molecule has 0 radical (unpaired) electrons. The summed E-state index contributed by atoms with van der Waals surface area (Å²) in [5.74, 6) is 1.67. The predicted octanol–water partition coefficient (Wildman–Crippen LogP) is 1.64. The molecule has 2 rings (SSSR count). The van der Waals surface area contributed by atoms with E-state index in [9.17, 15) is 5.11 Å². The number of hydrogen-bond acceptors (Lipinski definition) is 9. The summed E-state index contributed by atoms with van der Waals surface area (Å²) < 4.78 is 21.3. The van der Waals surface area contributed by atoms with E-state index in [-0.39, 0.29) is 6.61 Å². The lowest BCUT2D eigenvalue weighted by atomic mass is 10.2. The average molecular weight is 408 g/mol. The molecule has 0 aliphatic carbocycles. The number of rotatable bonds is 14. The van der Waals surface area contributed by atoms with Crippen molar-refractivity contribution in [2.45, 2.75) is 33.4 Å². The van der Waals surface area contributed by atoms with Gasteiger partial charge in [0.15, 0.2) is 11.5 Å². The van der Waals surface area contributed by atoms with Crippen molar-refractivity contribution in [3.05, 3.63) is 29.5 Å². The third-order valence-electron chi connectivity index (χ3n) is 4.48. The normalized spacial score (nSPS) is 12.2. The van der Waals surface area contributed by atoms with Crippen LogP contribution in [-0.2, 0) is 6.54 Å². The van der Waals surface area contributed by atoms with E-state index in [0.717, 1.165) is 18.7 Å². The molecule has 1 aromatic carbocycles. The first-order chi connectivity index (χ1) is 14.1. The Morgan fingerprint density at radius 2 is 1.97 bits per heavy atom. The van der Waals surface area contributed by atoms with E-state index < -0.39 is 6.10 Å². The van der Waals surface area contributed by atoms with Gasteiger partial charge in [-0.15, -0.1) is 0 Å². The maximum absolute atomic E-state index is 10.2. The molecule has 0 saturated carbocycles. The van der Waals surface area contributed by atoms with E-state index in [4.69, 9.17) is 14.2 Å². The minimum Gasteiger partial charge on any atom is -0.493 e. The van der Waals surface area contributed by atoms with Crippen LogP contribution < -0.4 is 19.5 Å². The molecular weight excluding hydrogens is 376 g/mol. The number of nitrogens with zero attached hydrogens (tertiary/aromatic N) is 3. The van der Waals surface area contributed by atoms with Crippen LogP contribution in [0.25, 0.3) is 0 Å². The van der Waals surface area contributed by atoms with Gasteiger partial charge in [0.1, 0.15) is 25.0 Å². The number of aliphatic hydroxyl groups is 1. The van der Waals surface area contributed by atoms with Gasteiger partial charge in [0.05, 0.1) is 7.11 Å². The van der Waals surface area contributed by atoms with Gasteiger partial charge in [0.25, 0.3) is 5.88 Å². The molecule has 1 heterocycles. The van der Waals surface area contributed by atoms with Crippen LogP contribution in [-0.4, -0.2) is 72.9 Å². The van der Waals surface area contributed by atoms with Crippen molar-refractivity contribution in [3.8, 4) is 17.4 Å². The summed E-state index contributed by atoms with van der Waals surface area (Å²) in [6, 6.07) is 5.75. The largest absolute Gasteiger partial charge is 0.493 e. The topological polar surface area (TPSA) is 102 Å². The quantitative estimate of drug-likeness (QED) is 0.452. The second-order valence-corrected chi connectivity index (χ2v) is 6.62. The van der Waals surface area contributed by atoms with Crippen LogP contribution in [0, 0.1) is 6.92 Å². The maximum Gasteiger partial charge on any atom is 0.278 e. The van der Waals surface area contributed by atoms with Crippen LogP contribution in [0.5, 0.6) is 17.4 Å². The smallest absolute Gasteiger partial charge is 0.278 e. The number of nitrogens with one attached hydrogen (secondary N) is 1. The van der Waals surface area contributed by atoms with Gasteiger partial charge >= 0.3 is 0 Å². The first-order valence-electron chi connectivity index (χ1n) is 9.90. The van der Waals surface area contributed by atoms with E-state index >= 15 is 0 Å². The van der Waals surface area contributed by atoms with Crippen molar-refractivity contribution in [1.82, 2.24) is 20.5 Å². The van der Waals surface area contributed by atoms with Crippen LogP contribution in [0.1, 0.15) is 25.1 Å². The van der Waals surface area contributed by atoms with Gasteiger partial charge in [-0.2, -0.15) is 0 Å². The van der Waals surface area contributed by atoms with Gasteiger partial charge in [0.2, 0.25) is 0 Å². The summed E-state index contributed by atoms with van der Waals surface area (Å²) in [6.45, 7) is 10.2. The molecule has 29 heavy (non-hydrogen) atoms. The fourth-order valence-electron chi connectivity index (χ4n) is 2.77. The number of aliphatic hydroxyl groups excluding tert-OH is 1. The number of hydrogen-bond donors (Lipinski definition) is 2. The Balaban J connectivity index is 1.80. The van der Waals surface area contributed by atoms with Gasteiger partial charge in [-0.1, -0.05) is 25.1 Å². The molecule has 0 bridgehead atoms. The van der Waals surface area contributed by atoms with E-state index in [1.165, 1.54) is 0 Å². The highest BCUT2D eigenvalue weighted by Gasteiger charge is 2.12. The summed E-state index contributed by atoms with van der Waals surface area (Å²) in [4.78, 5) is 2.16. The lowest BCUT2D eigenvalue weighted by molar-refractivity contribution is 0.0705. The Morgan fingerprint density at radius 1 is 1.17 bits per heavy atom. The molecule has 1 aromatic heterocycles. The molecule has 9 nitrogen and oxygen atoms in total. The number of ether oxygens (including phenoxy) is 3. The fraction of sp³-hybridized carbons (Fsp3) is 0.600. The maximum atomic E-state index is 10.2. The third kappa shape index (κ3) is 7.52. The van der Waals surface area contributed by atoms with E-state index in [1.807, 2.05) is 18.2 Å². The van der Waals surface area contributed by atoms with Crippen molar-refractivity contribution in [2.24, 2.45) is 0 Å². The molecule has 0 amide bonds. The van der Waals surface area contributed by atoms with Gasteiger partial charge in [0, 0.05) is 19.6 Å². The second-order valence-electron chi connectivity index (χ2n) is 6.62. The minimum absolute atomic E-state index is 0.211. The predicted molar refractivity (Wildman–Crippen MR) is 109 cm³/mol. The number of likely N-dealkylation sites (N-methyl/N-ethyl adjacent to an activating group) is 1. The van der Waals surface area contributed by atoms with Crippen LogP contribution >= 0.6 is 0 Å². The monoisotopic (exact) mass is 408 g/mol. The summed E-state index contributed by atoms with van der Waals surface area (Å²) in [6.07, 6.45) is -0.562. The first kappa shape index (κ1) is 22.9. The zero-order valence-corrected chi connectivity index (χ0v) is 17.7. The van der Waals surface area contributed by atoms with Crippen LogP contribution in [0.2, 0.25) is 0 Å². The molecule has 1 atom stereocenters. The molecule has 2 aromatic rings. The Morgan fingerprint density at radius 3 is 2.62 bits per heavy atom. The molecule has 1 unspecified atom stereocenters. The van der Waals surface area contributed by atoms with Crippen molar-refractivity contribution in [2.75, 3.05) is 46.5 Å². The first-order valence-corrected chi connectivity index (χ1v) is 9.90. The number of aryl methyl sites for hydroxylation is 1. The van der Waals surface area contributed by atoms with Crippen molar-refractivity contribution in [3.63, 3.8) is 0 Å². The molecule has 0 aliphatic rings. The highest BCUT2D eigenvalue weighted by Crippen LogP contribution is 2.28. The molecular formula is C20H32N4O5. The molecule has 9 heteroatoms. The Kier molecular flexibility index (Phi) is 9.69. The average Bonchev–Trinajstić information content (AvgIpc) is 3.15. The minimum atomic E-state index is -0.562. The van der Waals surface area contributed by atoms with Crippen molar-refractivity contribution in [1.29, 1.82) is 0 Å². The molecule has 0 aliphatic heterocycles. The lowest BCUT2D eigenvalue weighted by Crippen LogP contribution is -2.35. The fourth-order valence-corrected chi connectivity index (χ4v) is 2.77. The van der Waals surface area contributed by atoms with E-state index in [2.05, 4.69) is 39.0 Å². The summed E-state index contributed by atoms with van der Waals surface area (Å²) in [5, 5.41) is 20.9. The van der Waals surface area contributed by atoms with Gasteiger partial charge in [-0.3, -0.25) is 0 Å². The standard InChI is InChI=1S/C20H32N4O5/c1-5-24(6-2)13-17(25)14-28-19-11-16(7-8-18(19)26-4)12-21-9-10-27-20-15(3)22-29-23-20/h7-8,11,17,21,25H,5-6,9-10,12-14H2,1-4H3. The van der Waals surface area contributed by atoms with Crippen molar-refractivity contribution < 1.29 is 23.9 Å². The third-order valence-corrected chi connectivity index (χ3v) is 4.48. The highest BCUT2D eigenvalue weighted by molar-refractivity contribution is 5.43. The number of methoxy groups -OCH3 is 1. The second kappa shape index (κ2) is 12.3. The zero-order chi connectivity index (χ0) is 21.1. The molecule has 0 fully saturated rings. The molecule has 0 saturated heterocycles. The zero-order valence-electron chi connectivity index (χ0n) is 17.7. The number of benzene rings is 1. The summed E-state index contributed by atoms with van der Waals surface area (Å²) in [7, 11) is 1.60. The summed E-state index contributed by atoms with van der Waals surface area (Å²) >= 11 is 0. The van der Waals surface area contributed by atoms with Gasteiger partial charge in [-0.25, -0.2) is 4.63 Å². The Hall–Kier alpha value is -2.36. The van der Waals surface area contributed by atoms with Crippen LogP contribution in [0.4, 0.5) is 0 Å². The van der Waals surface area contributed by atoms with Gasteiger partial charge < -0.3 is 29.5 Å². The molecule has 162 valence electrons. The number of aromatic nitrogens is 2. The van der Waals surface area contributed by atoms with Gasteiger partial charge in [-0.05, 0) is 42.9 Å². The summed E-state index contributed by atoms with van der Waals surface area (Å²) in [5.41, 5.74) is 1.67. The molecule has 0 spiro atoms.